The van der Waals surface area contributed by atoms with Crippen LogP contribution in [0, 0.1) is 5.92 Å². The Morgan fingerprint density at radius 1 is 1.20 bits per heavy atom. The number of Topliss-reactive ketones (excluding diaryl/α,β-unsaturated/α-hetero) is 1. The third-order valence-electron chi connectivity index (χ3n) is 4.61. The number of hydrogen-bond donors (Lipinski definition) is 1. The van der Waals surface area contributed by atoms with E-state index in [2.05, 4.69) is 0 Å². The lowest BCUT2D eigenvalue weighted by Crippen LogP contribution is -2.37. The van der Waals surface area contributed by atoms with Gasteiger partial charge in [-0.25, -0.2) is 0 Å². The van der Waals surface area contributed by atoms with E-state index >= 15 is 0 Å². The predicted octanol–water partition coefficient (Wildman–Crippen LogP) is 2.76. The Hall–Kier alpha value is -2.37. The summed E-state index contributed by atoms with van der Waals surface area (Å²) in [5.74, 6) is -0.927. The number of aliphatic carboxylic acids is 1. The van der Waals surface area contributed by atoms with Gasteiger partial charge in [0.05, 0.1) is 12.5 Å². The maximum Gasteiger partial charge on any atom is 0.308 e. The highest BCUT2D eigenvalue weighted by atomic mass is 16.5. The molecule has 0 aromatic heterocycles. The van der Waals surface area contributed by atoms with Crippen LogP contribution in [-0.2, 0) is 9.59 Å². The number of hydrogen-bond acceptors (Lipinski definition) is 4. The van der Waals surface area contributed by atoms with Crippen LogP contribution in [-0.4, -0.2) is 46.9 Å². The summed E-state index contributed by atoms with van der Waals surface area (Å²) in [4.78, 5) is 37.2. The number of nitrogens with zero attached hydrogens (tertiary/aromatic N) is 1. The van der Waals surface area contributed by atoms with E-state index in [1.165, 1.54) is 0 Å². The predicted molar refractivity (Wildman–Crippen MR) is 92.7 cm³/mol. The van der Waals surface area contributed by atoms with Gasteiger partial charge in [-0.15, -0.1) is 0 Å². The van der Waals surface area contributed by atoms with E-state index in [9.17, 15) is 14.4 Å². The lowest BCUT2D eigenvalue weighted by Gasteiger charge is -2.23. The molecule has 1 aliphatic heterocycles. The zero-order valence-electron chi connectivity index (χ0n) is 14.7. The summed E-state index contributed by atoms with van der Waals surface area (Å²) < 4.78 is 5.48. The molecule has 1 saturated heterocycles. The molecule has 0 bridgehead atoms. The minimum Gasteiger partial charge on any atom is -0.494 e. The molecule has 1 aromatic rings. The molecule has 0 saturated carbocycles. The van der Waals surface area contributed by atoms with Crippen LogP contribution in [0.3, 0.4) is 0 Å². The van der Waals surface area contributed by atoms with Crippen LogP contribution in [0.15, 0.2) is 24.3 Å². The molecule has 0 aliphatic carbocycles. The van der Waals surface area contributed by atoms with Crippen LogP contribution < -0.4 is 4.74 Å². The number of likely N-dealkylation sites (tertiary alicyclic amines) is 1. The van der Waals surface area contributed by atoms with Crippen LogP contribution in [0.1, 0.15) is 49.9 Å². The van der Waals surface area contributed by atoms with Crippen molar-refractivity contribution in [1.82, 2.24) is 4.90 Å². The smallest absolute Gasteiger partial charge is 0.308 e. The number of carboxylic acid groups (broad SMARTS) is 1. The molecule has 25 heavy (non-hydrogen) atoms. The molecule has 1 heterocycles. The van der Waals surface area contributed by atoms with Gasteiger partial charge < -0.3 is 14.7 Å². The van der Waals surface area contributed by atoms with Crippen molar-refractivity contribution < 1.29 is 24.2 Å². The van der Waals surface area contributed by atoms with E-state index in [0.29, 0.717) is 25.1 Å². The number of carboxylic acids is 1. The van der Waals surface area contributed by atoms with Crippen molar-refractivity contribution in [3.63, 3.8) is 0 Å². The van der Waals surface area contributed by atoms with Gasteiger partial charge in [-0.2, -0.15) is 0 Å². The highest BCUT2D eigenvalue weighted by Crippen LogP contribution is 2.25. The highest BCUT2D eigenvalue weighted by molar-refractivity contribution is 5.98. The first kappa shape index (κ1) is 19.0. The standard InChI is InChI=1S/C19H25NO5/c1-3-12-25-15-6-4-14(5-7-15)17(21)8-9-18(22)20-11-10-16(13(20)2)19(23)24/h4-7,13,16H,3,8-12H2,1-2H3,(H,23,24). The van der Waals surface area contributed by atoms with Crippen LogP contribution in [0.2, 0.25) is 0 Å². The number of carbonyl (C=O) groups excluding carboxylic acids is 2. The molecule has 1 fully saturated rings. The number of carbonyl (C=O) groups is 3. The fraction of sp³-hybridized carbons (Fsp3) is 0.526. The Balaban J connectivity index is 1.85. The van der Waals surface area contributed by atoms with Gasteiger partial charge in [0, 0.05) is 31.0 Å². The van der Waals surface area contributed by atoms with Gasteiger partial charge >= 0.3 is 5.97 Å². The van der Waals surface area contributed by atoms with Crippen molar-refractivity contribution in [3.8, 4) is 5.75 Å². The highest BCUT2D eigenvalue weighted by Gasteiger charge is 2.37. The van der Waals surface area contributed by atoms with Gasteiger partial charge in [-0.1, -0.05) is 6.92 Å². The Labute approximate surface area is 147 Å². The summed E-state index contributed by atoms with van der Waals surface area (Å²) in [6, 6.07) is 6.60. The molecule has 6 nitrogen and oxygen atoms in total. The maximum atomic E-state index is 12.3. The van der Waals surface area contributed by atoms with Gasteiger partial charge in [0.25, 0.3) is 0 Å². The first-order valence-corrected chi connectivity index (χ1v) is 8.72. The van der Waals surface area contributed by atoms with E-state index in [1.807, 2.05) is 6.92 Å². The largest absolute Gasteiger partial charge is 0.494 e. The molecular weight excluding hydrogens is 322 g/mol. The zero-order chi connectivity index (χ0) is 18.4. The zero-order valence-corrected chi connectivity index (χ0v) is 14.7. The third kappa shape index (κ3) is 4.81. The Kier molecular flexibility index (Phi) is 6.56. The van der Waals surface area contributed by atoms with E-state index in [1.54, 1.807) is 36.1 Å². The van der Waals surface area contributed by atoms with E-state index in [4.69, 9.17) is 9.84 Å². The lowest BCUT2D eigenvalue weighted by atomic mass is 10.0. The molecule has 0 spiro atoms. The summed E-state index contributed by atoms with van der Waals surface area (Å²) in [5.41, 5.74) is 0.550. The Bertz CT molecular complexity index is 625. The van der Waals surface area contributed by atoms with Crippen LogP contribution in [0.4, 0.5) is 0 Å². The Morgan fingerprint density at radius 2 is 1.88 bits per heavy atom. The summed E-state index contributed by atoms with van der Waals surface area (Å²) in [6.07, 6.45) is 1.61. The number of ether oxygens (including phenoxy) is 1. The molecular formula is C19H25NO5. The first-order valence-electron chi connectivity index (χ1n) is 8.72. The fourth-order valence-corrected chi connectivity index (χ4v) is 3.09. The summed E-state index contributed by atoms with van der Waals surface area (Å²) in [5, 5.41) is 9.12. The average Bonchev–Trinajstić information content (AvgIpc) is 2.99. The van der Waals surface area contributed by atoms with Crippen molar-refractivity contribution in [2.24, 2.45) is 5.92 Å². The van der Waals surface area contributed by atoms with E-state index in [0.717, 1.165) is 12.2 Å². The van der Waals surface area contributed by atoms with Gasteiger partial charge in [0.15, 0.2) is 5.78 Å². The van der Waals surface area contributed by atoms with Crippen molar-refractivity contribution in [3.05, 3.63) is 29.8 Å². The van der Waals surface area contributed by atoms with Crippen LogP contribution in [0.5, 0.6) is 5.75 Å². The quantitative estimate of drug-likeness (QED) is 0.731. The van der Waals surface area contributed by atoms with Crippen LogP contribution in [0.25, 0.3) is 0 Å². The van der Waals surface area contributed by atoms with Crippen molar-refractivity contribution >= 4 is 17.7 Å². The summed E-state index contributed by atoms with van der Waals surface area (Å²) in [7, 11) is 0. The molecule has 1 aliphatic rings. The number of rotatable bonds is 8. The fourth-order valence-electron chi connectivity index (χ4n) is 3.09. The third-order valence-corrected chi connectivity index (χ3v) is 4.61. The van der Waals surface area contributed by atoms with Gasteiger partial charge in [0.2, 0.25) is 5.91 Å². The van der Waals surface area contributed by atoms with Crippen LogP contribution >= 0.6 is 0 Å². The second-order valence-corrected chi connectivity index (χ2v) is 6.36. The molecule has 2 unspecified atom stereocenters. The molecule has 2 atom stereocenters. The molecule has 0 radical (unpaired) electrons. The van der Waals surface area contributed by atoms with E-state index < -0.39 is 11.9 Å². The monoisotopic (exact) mass is 347 g/mol. The minimum absolute atomic E-state index is 0.1000. The van der Waals surface area contributed by atoms with Gasteiger partial charge in [-0.3, -0.25) is 14.4 Å². The molecule has 1 aromatic carbocycles. The van der Waals surface area contributed by atoms with Crippen molar-refractivity contribution in [1.29, 1.82) is 0 Å². The van der Waals surface area contributed by atoms with Crippen molar-refractivity contribution in [2.75, 3.05) is 13.2 Å². The number of ketones is 1. The summed E-state index contributed by atoms with van der Waals surface area (Å²) >= 11 is 0. The van der Waals surface area contributed by atoms with E-state index in [-0.39, 0.29) is 30.6 Å². The van der Waals surface area contributed by atoms with Gasteiger partial charge in [0.1, 0.15) is 5.75 Å². The second kappa shape index (κ2) is 8.65. The normalized spacial score (nSPS) is 19.7. The van der Waals surface area contributed by atoms with Gasteiger partial charge in [-0.05, 0) is 44.0 Å². The second-order valence-electron chi connectivity index (χ2n) is 6.36. The maximum absolute atomic E-state index is 12.3. The molecule has 1 amide bonds. The lowest BCUT2D eigenvalue weighted by molar-refractivity contribution is -0.143. The average molecular weight is 347 g/mol. The first-order chi connectivity index (χ1) is 11.9. The number of benzene rings is 1. The molecule has 1 N–H and O–H groups in total. The summed E-state index contributed by atoms with van der Waals surface area (Å²) in [6.45, 7) is 4.84. The van der Waals surface area contributed by atoms with Crippen molar-refractivity contribution in [2.45, 2.75) is 45.6 Å². The minimum atomic E-state index is -0.871. The number of amides is 1. The molecule has 2 rings (SSSR count). The topological polar surface area (TPSA) is 83.9 Å². The molecule has 6 heteroatoms. The Morgan fingerprint density at radius 3 is 2.44 bits per heavy atom. The molecule has 136 valence electrons. The SMILES string of the molecule is CCCOc1ccc(C(=O)CCC(=O)N2CCC(C(=O)O)C2C)cc1.